The molecular weight excluding hydrogens is 432 g/mol. The number of aryl methyl sites for hydroxylation is 1. The van der Waals surface area contributed by atoms with E-state index in [1.54, 1.807) is 0 Å². The van der Waals surface area contributed by atoms with Crippen LogP contribution in [0.25, 0.3) is 0 Å². The zero-order valence-corrected chi connectivity index (χ0v) is 19.3. The average molecular weight is 459 g/mol. The van der Waals surface area contributed by atoms with Crippen molar-refractivity contribution in [1.29, 1.82) is 0 Å². The molecule has 4 rings (SSSR count). The highest BCUT2D eigenvalue weighted by Crippen LogP contribution is 2.41. The highest BCUT2D eigenvalue weighted by Gasteiger charge is 2.37. The largest absolute Gasteiger partial charge is 0.495 e. The lowest BCUT2D eigenvalue weighted by atomic mass is 9.90. The first-order chi connectivity index (χ1) is 15.0. The summed E-state index contributed by atoms with van der Waals surface area (Å²) in [4.78, 5) is 25.4. The molecule has 1 fully saturated rings. The third-order valence-corrected chi connectivity index (χ3v) is 7.15. The molecule has 2 aromatic rings. The SMILES string of the molecule is COc1ccc(S(=O)(=O)N[C@H]2CC(C)(C)Oc3cc(C)ccc32)cc1N1C(=O)CCC1=O. The molecule has 0 bridgehead atoms. The van der Waals surface area contributed by atoms with Crippen molar-refractivity contribution in [1.82, 2.24) is 4.72 Å². The monoisotopic (exact) mass is 458 g/mol. The first-order valence-corrected chi connectivity index (χ1v) is 11.8. The molecule has 1 atom stereocenters. The maximum Gasteiger partial charge on any atom is 0.241 e. The van der Waals surface area contributed by atoms with E-state index < -0.39 is 21.7 Å². The fourth-order valence-corrected chi connectivity index (χ4v) is 5.41. The van der Waals surface area contributed by atoms with Crippen molar-refractivity contribution in [3.05, 3.63) is 47.5 Å². The minimum Gasteiger partial charge on any atom is -0.495 e. The van der Waals surface area contributed by atoms with Gasteiger partial charge in [0, 0.05) is 24.8 Å². The Hall–Kier alpha value is -2.91. The Balaban J connectivity index is 1.71. The smallest absolute Gasteiger partial charge is 0.241 e. The molecule has 9 heteroatoms. The molecule has 0 saturated carbocycles. The van der Waals surface area contributed by atoms with Crippen LogP contribution >= 0.6 is 0 Å². The number of nitrogens with zero attached hydrogens (tertiary/aromatic N) is 1. The van der Waals surface area contributed by atoms with Crippen LogP contribution in [-0.2, 0) is 19.6 Å². The molecule has 0 aromatic heterocycles. The third kappa shape index (κ3) is 4.10. The van der Waals surface area contributed by atoms with Crippen LogP contribution < -0.4 is 19.1 Å². The molecule has 8 nitrogen and oxygen atoms in total. The third-order valence-electron chi connectivity index (χ3n) is 5.68. The molecule has 0 radical (unpaired) electrons. The van der Waals surface area contributed by atoms with Gasteiger partial charge in [0.25, 0.3) is 0 Å². The van der Waals surface area contributed by atoms with Crippen molar-refractivity contribution in [2.24, 2.45) is 0 Å². The zero-order valence-electron chi connectivity index (χ0n) is 18.5. The fourth-order valence-electron chi connectivity index (χ4n) is 4.18. The number of nitrogens with one attached hydrogen (secondary N) is 1. The van der Waals surface area contributed by atoms with Crippen molar-refractivity contribution in [2.45, 2.75) is 56.6 Å². The van der Waals surface area contributed by atoms with Crippen molar-refractivity contribution in [3.8, 4) is 11.5 Å². The Morgan fingerprint density at radius 3 is 2.44 bits per heavy atom. The summed E-state index contributed by atoms with van der Waals surface area (Å²) in [6, 6.07) is 9.34. The van der Waals surface area contributed by atoms with Crippen LogP contribution in [0.3, 0.4) is 0 Å². The minimum absolute atomic E-state index is 0.0567. The lowest BCUT2D eigenvalue weighted by molar-refractivity contribution is -0.121. The first kappa shape index (κ1) is 22.3. The number of amides is 2. The van der Waals surface area contributed by atoms with Gasteiger partial charge in [-0.1, -0.05) is 12.1 Å². The van der Waals surface area contributed by atoms with Gasteiger partial charge in [0.1, 0.15) is 17.1 Å². The number of carbonyl (C=O) groups excluding carboxylic acids is 2. The summed E-state index contributed by atoms with van der Waals surface area (Å²) >= 11 is 0. The lowest BCUT2D eigenvalue weighted by Gasteiger charge is -2.38. The summed E-state index contributed by atoms with van der Waals surface area (Å²) in [5.74, 6) is 0.135. The van der Waals surface area contributed by atoms with E-state index in [4.69, 9.17) is 9.47 Å². The van der Waals surface area contributed by atoms with Gasteiger partial charge in [0.15, 0.2) is 0 Å². The maximum absolute atomic E-state index is 13.3. The van der Waals surface area contributed by atoms with Gasteiger partial charge in [0.05, 0.1) is 23.7 Å². The number of methoxy groups -OCH3 is 1. The summed E-state index contributed by atoms with van der Waals surface area (Å²) in [6.45, 7) is 5.77. The van der Waals surface area contributed by atoms with Crippen LogP contribution in [-0.4, -0.2) is 32.9 Å². The summed E-state index contributed by atoms with van der Waals surface area (Å²) < 4.78 is 40.8. The summed E-state index contributed by atoms with van der Waals surface area (Å²) in [7, 11) is -2.58. The predicted octanol–water partition coefficient (Wildman–Crippen LogP) is 3.24. The minimum atomic E-state index is -3.99. The molecule has 0 aliphatic carbocycles. The second-order valence-electron chi connectivity index (χ2n) is 8.74. The number of fused-ring (bicyclic) bond motifs is 1. The standard InChI is InChI=1S/C23H26N2O6S/c1-14-5-7-16-17(13-23(2,3)31-20(16)11-14)24-32(28,29)15-6-8-19(30-4)18(12-15)25-21(26)9-10-22(25)27/h5-8,11-12,17,24H,9-10,13H2,1-4H3/t17-/m0/s1. The van der Waals surface area contributed by atoms with E-state index in [0.717, 1.165) is 16.0 Å². The topological polar surface area (TPSA) is 102 Å². The van der Waals surface area contributed by atoms with Gasteiger partial charge in [0.2, 0.25) is 21.8 Å². The molecule has 0 unspecified atom stereocenters. The van der Waals surface area contributed by atoms with Crippen LogP contribution in [0.5, 0.6) is 11.5 Å². The van der Waals surface area contributed by atoms with Crippen LogP contribution in [0, 0.1) is 6.92 Å². The second kappa shape index (κ2) is 7.90. The van der Waals surface area contributed by atoms with Crippen LogP contribution in [0.4, 0.5) is 5.69 Å². The Morgan fingerprint density at radius 1 is 1.09 bits per heavy atom. The maximum atomic E-state index is 13.3. The van der Waals surface area contributed by atoms with E-state index in [-0.39, 0.29) is 41.0 Å². The average Bonchev–Trinajstić information content (AvgIpc) is 3.04. The first-order valence-electron chi connectivity index (χ1n) is 10.4. The molecule has 2 amide bonds. The number of ether oxygens (including phenoxy) is 2. The molecular formula is C23H26N2O6S. The summed E-state index contributed by atoms with van der Waals surface area (Å²) in [5.41, 5.74) is 1.35. The Morgan fingerprint density at radius 2 is 1.78 bits per heavy atom. The van der Waals surface area contributed by atoms with E-state index in [9.17, 15) is 18.0 Å². The number of hydrogen-bond acceptors (Lipinski definition) is 6. The van der Waals surface area contributed by atoms with Gasteiger partial charge in [-0.05, 0) is 50.6 Å². The molecule has 170 valence electrons. The highest BCUT2D eigenvalue weighted by molar-refractivity contribution is 7.89. The van der Waals surface area contributed by atoms with Crippen molar-refractivity contribution in [2.75, 3.05) is 12.0 Å². The van der Waals surface area contributed by atoms with Gasteiger partial charge in [-0.15, -0.1) is 0 Å². The van der Waals surface area contributed by atoms with Gasteiger partial charge in [-0.3, -0.25) is 9.59 Å². The van der Waals surface area contributed by atoms with Gasteiger partial charge < -0.3 is 9.47 Å². The normalized spacial score (nSPS) is 20.1. The van der Waals surface area contributed by atoms with E-state index in [1.807, 2.05) is 39.0 Å². The lowest BCUT2D eigenvalue weighted by Crippen LogP contribution is -2.41. The molecule has 1 saturated heterocycles. The fraction of sp³-hybridized carbons (Fsp3) is 0.391. The summed E-state index contributed by atoms with van der Waals surface area (Å²) in [6.07, 6.45) is 0.615. The van der Waals surface area contributed by atoms with Crippen molar-refractivity contribution >= 4 is 27.5 Å². The zero-order chi connectivity index (χ0) is 23.3. The number of benzene rings is 2. The quantitative estimate of drug-likeness (QED) is 0.690. The van der Waals surface area contributed by atoms with E-state index in [2.05, 4.69) is 4.72 Å². The molecule has 2 aromatic carbocycles. The molecule has 2 heterocycles. The summed E-state index contributed by atoms with van der Waals surface area (Å²) in [5, 5.41) is 0. The van der Waals surface area contributed by atoms with E-state index >= 15 is 0 Å². The van der Waals surface area contributed by atoms with Crippen LogP contribution in [0.1, 0.15) is 50.3 Å². The number of hydrogen-bond donors (Lipinski definition) is 1. The molecule has 2 aliphatic rings. The van der Waals surface area contributed by atoms with Gasteiger partial charge >= 0.3 is 0 Å². The van der Waals surface area contributed by atoms with Gasteiger partial charge in [-0.25, -0.2) is 18.0 Å². The predicted molar refractivity (Wildman–Crippen MR) is 118 cm³/mol. The van der Waals surface area contributed by atoms with Gasteiger partial charge in [-0.2, -0.15) is 0 Å². The second-order valence-corrected chi connectivity index (χ2v) is 10.5. The van der Waals surface area contributed by atoms with Crippen molar-refractivity contribution < 1.29 is 27.5 Å². The number of anilines is 1. The van der Waals surface area contributed by atoms with Crippen LogP contribution in [0.2, 0.25) is 0 Å². The Bertz CT molecular complexity index is 1190. The molecule has 2 aliphatic heterocycles. The highest BCUT2D eigenvalue weighted by atomic mass is 32.2. The number of sulfonamides is 1. The van der Waals surface area contributed by atoms with E-state index in [0.29, 0.717) is 12.2 Å². The number of rotatable bonds is 5. The molecule has 1 N–H and O–H groups in total. The number of imide groups is 1. The Kier molecular flexibility index (Phi) is 5.50. The van der Waals surface area contributed by atoms with Crippen molar-refractivity contribution in [3.63, 3.8) is 0 Å². The Labute approximate surface area is 187 Å². The molecule has 32 heavy (non-hydrogen) atoms. The van der Waals surface area contributed by atoms with Crippen LogP contribution in [0.15, 0.2) is 41.3 Å². The van der Waals surface area contributed by atoms with E-state index in [1.165, 1.54) is 25.3 Å². The molecule has 0 spiro atoms. The number of carbonyl (C=O) groups is 2.